The molecule has 0 atom stereocenters. The minimum atomic E-state index is 0.698. The number of rotatable bonds is 1. The molecule has 0 radical (unpaired) electrons. The third-order valence-corrected chi connectivity index (χ3v) is 1.47. The van der Waals surface area contributed by atoms with Gasteiger partial charge in [0.05, 0.1) is 0 Å². The normalized spacial score (nSPS) is 10.0. The van der Waals surface area contributed by atoms with Crippen molar-refractivity contribution in [1.29, 1.82) is 0 Å². The molecule has 0 aliphatic heterocycles. The Bertz CT molecular complexity index is 206. The Hall–Kier alpha value is -0.510. The van der Waals surface area contributed by atoms with Crippen molar-refractivity contribution >= 4 is 21.7 Å². The second kappa shape index (κ2) is 2.39. The average molecular weight is 190 g/mol. The summed E-state index contributed by atoms with van der Waals surface area (Å²) >= 11 is 3.21. The van der Waals surface area contributed by atoms with Crippen LogP contribution in [0.1, 0.15) is 6.92 Å². The number of hydrogen-bond acceptors (Lipinski definition) is 2. The third-order valence-electron chi connectivity index (χ3n) is 1.08. The van der Waals surface area contributed by atoms with Crippen molar-refractivity contribution in [3.8, 4) is 0 Å². The van der Waals surface area contributed by atoms with Crippen LogP contribution in [-0.4, -0.2) is 9.78 Å². The monoisotopic (exact) mass is 189 g/mol. The average Bonchev–Trinajstić information content (AvgIpc) is 2.10. The van der Waals surface area contributed by atoms with E-state index in [1.165, 1.54) is 0 Å². The highest BCUT2D eigenvalue weighted by Gasteiger charge is 1.97. The number of aryl methyl sites for hydroxylation is 1. The first-order valence-corrected chi connectivity index (χ1v) is 3.52. The van der Waals surface area contributed by atoms with Crippen LogP contribution < -0.4 is 5.73 Å². The van der Waals surface area contributed by atoms with E-state index >= 15 is 0 Å². The lowest BCUT2D eigenvalue weighted by molar-refractivity contribution is 0.665. The topological polar surface area (TPSA) is 43.8 Å². The fraction of sp³-hybridized carbons (Fsp3) is 0.400. The Morgan fingerprint density at radius 2 is 2.56 bits per heavy atom. The van der Waals surface area contributed by atoms with Gasteiger partial charge in [-0.15, -0.1) is 0 Å². The van der Waals surface area contributed by atoms with Crippen LogP contribution in [0.25, 0.3) is 0 Å². The Morgan fingerprint density at radius 3 is 2.78 bits per heavy atom. The largest absolute Gasteiger partial charge is 0.384 e. The van der Waals surface area contributed by atoms with Crippen LogP contribution in [0.3, 0.4) is 0 Å². The van der Waals surface area contributed by atoms with E-state index in [1.807, 2.05) is 6.92 Å². The number of anilines is 1. The molecule has 0 amide bonds. The second-order valence-electron chi connectivity index (χ2n) is 1.71. The Labute approximate surface area is 62.0 Å². The summed E-state index contributed by atoms with van der Waals surface area (Å²) in [5, 5.41) is 4.04. The van der Waals surface area contributed by atoms with Gasteiger partial charge < -0.3 is 5.73 Å². The Balaban J connectivity index is 3.01. The van der Waals surface area contributed by atoms with Gasteiger partial charge in [-0.25, -0.2) is 4.68 Å². The van der Waals surface area contributed by atoms with Crippen molar-refractivity contribution in [2.24, 2.45) is 0 Å². The summed E-state index contributed by atoms with van der Waals surface area (Å²) < 4.78 is 2.52. The molecule has 0 fully saturated rings. The lowest BCUT2D eigenvalue weighted by Crippen LogP contribution is -2.01. The molecule has 0 saturated carbocycles. The first kappa shape index (κ1) is 6.61. The van der Waals surface area contributed by atoms with Gasteiger partial charge in [0.1, 0.15) is 10.4 Å². The zero-order valence-electron chi connectivity index (χ0n) is 5.13. The Morgan fingerprint density at radius 1 is 1.89 bits per heavy atom. The van der Waals surface area contributed by atoms with Crippen molar-refractivity contribution < 1.29 is 0 Å². The molecule has 0 aromatic carbocycles. The van der Waals surface area contributed by atoms with E-state index in [1.54, 1.807) is 10.7 Å². The molecule has 0 spiro atoms. The predicted octanol–water partition coefficient (Wildman–Crippen LogP) is 1.25. The first-order valence-electron chi connectivity index (χ1n) is 2.73. The summed E-state index contributed by atoms with van der Waals surface area (Å²) in [6, 6.07) is 1.78. The van der Waals surface area contributed by atoms with E-state index in [9.17, 15) is 0 Å². The van der Waals surface area contributed by atoms with Crippen LogP contribution >= 0.6 is 15.9 Å². The van der Waals surface area contributed by atoms with Gasteiger partial charge in [-0.2, -0.15) is 5.10 Å². The van der Waals surface area contributed by atoms with Crippen molar-refractivity contribution in [1.82, 2.24) is 9.78 Å². The summed E-state index contributed by atoms with van der Waals surface area (Å²) in [7, 11) is 0. The molecular weight excluding hydrogens is 182 g/mol. The third kappa shape index (κ3) is 1.24. The van der Waals surface area contributed by atoms with Crippen molar-refractivity contribution in [2.75, 3.05) is 5.73 Å². The lowest BCUT2D eigenvalue weighted by Gasteiger charge is -1.94. The van der Waals surface area contributed by atoms with Crippen LogP contribution in [0.2, 0.25) is 0 Å². The molecule has 0 aliphatic carbocycles. The number of halogens is 1. The minimum Gasteiger partial charge on any atom is -0.384 e. The van der Waals surface area contributed by atoms with Crippen LogP contribution in [0.5, 0.6) is 0 Å². The molecule has 2 N–H and O–H groups in total. The Kier molecular flexibility index (Phi) is 1.75. The fourth-order valence-electron chi connectivity index (χ4n) is 0.652. The van der Waals surface area contributed by atoms with Crippen molar-refractivity contribution in [3.05, 3.63) is 10.7 Å². The summed E-state index contributed by atoms with van der Waals surface area (Å²) in [4.78, 5) is 0. The highest BCUT2D eigenvalue weighted by atomic mass is 79.9. The predicted molar refractivity (Wildman–Crippen MR) is 40.0 cm³/mol. The van der Waals surface area contributed by atoms with Gasteiger partial charge in [0, 0.05) is 12.6 Å². The SMILES string of the molecule is CCn1nc(Br)cc1N. The van der Waals surface area contributed by atoms with E-state index in [0.29, 0.717) is 5.82 Å². The van der Waals surface area contributed by atoms with Gasteiger partial charge >= 0.3 is 0 Å². The molecule has 0 aliphatic rings. The molecule has 1 aromatic heterocycles. The van der Waals surface area contributed by atoms with E-state index < -0.39 is 0 Å². The number of nitrogens with two attached hydrogens (primary N) is 1. The second-order valence-corrected chi connectivity index (χ2v) is 2.52. The molecule has 0 saturated heterocycles. The maximum absolute atomic E-state index is 5.52. The van der Waals surface area contributed by atoms with Crippen LogP contribution in [0.15, 0.2) is 10.7 Å². The van der Waals surface area contributed by atoms with Gasteiger partial charge in [0.15, 0.2) is 0 Å². The first-order chi connectivity index (χ1) is 4.24. The number of aromatic nitrogens is 2. The summed E-state index contributed by atoms with van der Waals surface area (Å²) in [6.45, 7) is 2.81. The fourth-order valence-corrected chi connectivity index (χ4v) is 1.08. The molecule has 1 aromatic rings. The zero-order chi connectivity index (χ0) is 6.85. The van der Waals surface area contributed by atoms with E-state index in [4.69, 9.17) is 5.73 Å². The highest BCUT2D eigenvalue weighted by molar-refractivity contribution is 9.10. The van der Waals surface area contributed by atoms with Crippen LogP contribution in [0.4, 0.5) is 5.82 Å². The number of nitrogen functional groups attached to an aromatic ring is 1. The molecule has 0 unspecified atom stereocenters. The molecule has 50 valence electrons. The zero-order valence-corrected chi connectivity index (χ0v) is 6.72. The molecule has 9 heavy (non-hydrogen) atoms. The molecule has 3 nitrogen and oxygen atoms in total. The summed E-state index contributed by atoms with van der Waals surface area (Å²) in [5.41, 5.74) is 5.52. The maximum atomic E-state index is 5.52. The quantitative estimate of drug-likeness (QED) is 0.724. The molecule has 4 heteroatoms. The van der Waals surface area contributed by atoms with E-state index in [-0.39, 0.29) is 0 Å². The molecule has 1 heterocycles. The molecule has 0 bridgehead atoms. The van der Waals surface area contributed by atoms with Gasteiger partial charge in [0.2, 0.25) is 0 Å². The number of nitrogens with zero attached hydrogens (tertiary/aromatic N) is 2. The summed E-state index contributed by atoms with van der Waals surface area (Å²) in [6.07, 6.45) is 0. The molecular formula is C5H8BrN3. The van der Waals surface area contributed by atoms with Crippen molar-refractivity contribution in [3.63, 3.8) is 0 Å². The van der Waals surface area contributed by atoms with Gasteiger partial charge in [-0.1, -0.05) is 0 Å². The van der Waals surface area contributed by atoms with Crippen molar-refractivity contribution in [2.45, 2.75) is 13.5 Å². The number of hydrogen-bond donors (Lipinski definition) is 1. The van der Waals surface area contributed by atoms with E-state index in [2.05, 4.69) is 21.0 Å². The maximum Gasteiger partial charge on any atom is 0.130 e. The smallest absolute Gasteiger partial charge is 0.130 e. The lowest BCUT2D eigenvalue weighted by atomic mass is 10.6. The van der Waals surface area contributed by atoms with Gasteiger partial charge in [-0.3, -0.25) is 0 Å². The standard InChI is InChI=1S/C5H8BrN3/c1-2-9-5(7)3-4(6)8-9/h3H,2,7H2,1H3. The molecule has 1 rings (SSSR count). The highest BCUT2D eigenvalue weighted by Crippen LogP contribution is 2.11. The van der Waals surface area contributed by atoms with Crippen LogP contribution in [-0.2, 0) is 6.54 Å². The minimum absolute atomic E-state index is 0.698. The van der Waals surface area contributed by atoms with Gasteiger partial charge in [-0.05, 0) is 22.9 Å². The van der Waals surface area contributed by atoms with Crippen LogP contribution in [0, 0.1) is 0 Å². The van der Waals surface area contributed by atoms with E-state index in [0.717, 1.165) is 11.1 Å². The van der Waals surface area contributed by atoms with Gasteiger partial charge in [0.25, 0.3) is 0 Å². The summed E-state index contributed by atoms with van der Waals surface area (Å²) in [5.74, 6) is 0.698.